The van der Waals surface area contributed by atoms with Crippen LogP contribution in [0, 0.1) is 0 Å². The van der Waals surface area contributed by atoms with Crippen LogP contribution in [0.25, 0.3) is 0 Å². The van der Waals surface area contributed by atoms with Crippen molar-refractivity contribution in [2.75, 3.05) is 6.61 Å². The molecule has 2 unspecified atom stereocenters. The van der Waals surface area contributed by atoms with Crippen LogP contribution in [0.15, 0.2) is 48.6 Å². The summed E-state index contributed by atoms with van der Waals surface area (Å²) in [5.41, 5.74) is 0. The van der Waals surface area contributed by atoms with Gasteiger partial charge in [0, 0.05) is 6.42 Å². The predicted octanol–water partition coefficient (Wildman–Crippen LogP) is 14.7. The second kappa shape index (κ2) is 44.7. The fraction of sp³-hybridized carbons (Fsp3) is 0.816. The van der Waals surface area contributed by atoms with Gasteiger partial charge in [0.05, 0.1) is 18.8 Å². The van der Waals surface area contributed by atoms with Gasteiger partial charge >= 0.3 is 0 Å². The van der Waals surface area contributed by atoms with E-state index in [9.17, 15) is 15.0 Å². The van der Waals surface area contributed by atoms with Crippen molar-refractivity contribution in [2.24, 2.45) is 0 Å². The van der Waals surface area contributed by atoms with Gasteiger partial charge in [0.2, 0.25) is 5.91 Å². The van der Waals surface area contributed by atoms with Gasteiger partial charge in [-0.05, 0) is 64.2 Å². The van der Waals surface area contributed by atoms with Crippen LogP contribution in [-0.2, 0) is 4.79 Å². The number of carbonyl (C=O) groups is 1. The maximum Gasteiger partial charge on any atom is 0.220 e. The van der Waals surface area contributed by atoms with E-state index in [4.69, 9.17) is 0 Å². The van der Waals surface area contributed by atoms with Gasteiger partial charge in [-0.25, -0.2) is 0 Å². The van der Waals surface area contributed by atoms with Gasteiger partial charge in [0.15, 0.2) is 0 Å². The SMILES string of the molecule is CCCCC/C=C\C/C=C\CCCCCCCCCC(=O)NC(CO)C(O)/C=C/CC/C=C/CCCCCCCCCCCCCCCCCCCC. The number of aliphatic hydroxyl groups is 2. The van der Waals surface area contributed by atoms with Crippen molar-refractivity contribution in [3.63, 3.8) is 0 Å². The molecule has 3 N–H and O–H groups in total. The fourth-order valence-corrected chi connectivity index (χ4v) is 6.93. The molecule has 53 heavy (non-hydrogen) atoms. The van der Waals surface area contributed by atoms with E-state index >= 15 is 0 Å². The van der Waals surface area contributed by atoms with Crippen LogP contribution >= 0.6 is 0 Å². The average molecular weight is 742 g/mol. The number of hydrogen-bond acceptors (Lipinski definition) is 3. The molecule has 0 aliphatic rings. The van der Waals surface area contributed by atoms with Crippen LogP contribution in [0.5, 0.6) is 0 Å². The zero-order valence-electron chi connectivity index (χ0n) is 35.5. The number of hydrogen-bond donors (Lipinski definition) is 3. The lowest BCUT2D eigenvalue weighted by Gasteiger charge is -2.19. The third kappa shape index (κ3) is 41.4. The van der Waals surface area contributed by atoms with E-state index in [0.717, 1.165) is 44.9 Å². The molecule has 0 aromatic heterocycles. The molecule has 0 aliphatic heterocycles. The molecule has 0 saturated carbocycles. The first-order valence-electron chi connectivity index (χ1n) is 23.4. The number of allylic oxidation sites excluding steroid dienone is 7. The van der Waals surface area contributed by atoms with Crippen molar-refractivity contribution in [1.82, 2.24) is 5.32 Å². The molecular weight excluding hydrogens is 651 g/mol. The monoisotopic (exact) mass is 742 g/mol. The maximum absolute atomic E-state index is 12.4. The highest BCUT2D eigenvalue weighted by Crippen LogP contribution is 2.15. The van der Waals surface area contributed by atoms with E-state index in [2.05, 4.69) is 55.6 Å². The van der Waals surface area contributed by atoms with Crippen LogP contribution < -0.4 is 5.32 Å². The lowest BCUT2D eigenvalue weighted by molar-refractivity contribution is -0.123. The molecule has 0 rings (SSSR count). The molecule has 1 amide bonds. The Kier molecular flexibility index (Phi) is 43.4. The number of unbranched alkanes of at least 4 members (excludes halogenated alkanes) is 29. The zero-order valence-corrected chi connectivity index (χ0v) is 35.5. The van der Waals surface area contributed by atoms with Crippen molar-refractivity contribution in [2.45, 2.75) is 251 Å². The third-order valence-corrected chi connectivity index (χ3v) is 10.5. The second-order valence-corrected chi connectivity index (χ2v) is 15.8. The number of carbonyl (C=O) groups excluding carboxylic acids is 1. The van der Waals surface area contributed by atoms with E-state index in [1.807, 2.05) is 6.08 Å². The molecule has 0 spiro atoms. The molecule has 0 fully saturated rings. The van der Waals surface area contributed by atoms with Crippen molar-refractivity contribution in [3.05, 3.63) is 48.6 Å². The van der Waals surface area contributed by atoms with Crippen molar-refractivity contribution < 1.29 is 15.0 Å². The molecule has 4 nitrogen and oxygen atoms in total. The van der Waals surface area contributed by atoms with Crippen LogP contribution in [-0.4, -0.2) is 34.9 Å². The lowest BCUT2D eigenvalue weighted by atomic mass is 10.0. The molecule has 0 heterocycles. The van der Waals surface area contributed by atoms with E-state index in [1.54, 1.807) is 6.08 Å². The van der Waals surface area contributed by atoms with Gasteiger partial charge in [-0.2, -0.15) is 0 Å². The van der Waals surface area contributed by atoms with E-state index in [1.165, 1.54) is 173 Å². The zero-order chi connectivity index (χ0) is 38.6. The highest BCUT2D eigenvalue weighted by atomic mass is 16.3. The van der Waals surface area contributed by atoms with Crippen LogP contribution in [0.4, 0.5) is 0 Å². The average Bonchev–Trinajstić information content (AvgIpc) is 3.16. The Hall–Kier alpha value is -1.65. The minimum absolute atomic E-state index is 0.0818. The van der Waals surface area contributed by atoms with Crippen molar-refractivity contribution in [1.29, 1.82) is 0 Å². The summed E-state index contributed by atoms with van der Waals surface area (Å²) in [7, 11) is 0. The van der Waals surface area contributed by atoms with E-state index < -0.39 is 12.1 Å². The Morgan fingerprint density at radius 3 is 1.25 bits per heavy atom. The molecule has 310 valence electrons. The molecule has 0 aromatic rings. The first kappa shape index (κ1) is 51.4. The molecule has 0 aliphatic carbocycles. The Balaban J connectivity index is 3.59. The summed E-state index contributed by atoms with van der Waals surface area (Å²) in [5.74, 6) is -0.0818. The van der Waals surface area contributed by atoms with Gasteiger partial charge in [0.1, 0.15) is 0 Å². The van der Waals surface area contributed by atoms with Crippen LogP contribution in [0.3, 0.4) is 0 Å². The normalized spacial score (nSPS) is 13.4. The molecular formula is C49H91NO3. The fourth-order valence-electron chi connectivity index (χ4n) is 6.93. The van der Waals surface area contributed by atoms with Crippen LogP contribution in [0.1, 0.15) is 239 Å². The summed E-state index contributed by atoms with van der Waals surface area (Å²) < 4.78 is 0. The van der Waals surface area contributed by atoms with Gasteiger partial charge < -0.3 is 15.5 Å². The van der Waals surface area contributed by atoms with Crippen molar-refractivity contribution in [3.8, 4) is 0 Å². The molecule has 4 heteroatoms. The predicted molar refractivity (Wildman–Crippen MR) is 235 cm³/mol. The summed E-state index contributed by atoms with van der Waals surface area (Å²) in [6.07, 6.45) is 60.9. The number of aliphatic hydroxyl groups excluding tert-OH is 2. The highest BCUT2D eigenvalue weighted by Gasteiger charge is 2.17. The smallest absolute Gasteiger partial charge is 0.220 e. The molecule has 0 radical (unpaired) electrons. The van der Waals surface area contributed by atoms with Gasteiger partial charge in [-0.15, -0.1) is 0 Å². The summed E-state index contributed by atoms with van der Waals surface area (Å²) in [5, 5.41) is 23.0. The van der Waals surface area contributed by atoms with Gasteiger partial charge in [-0.3, -0.25) is 4.79 Å². The van der Waals surface area contributed by atoms with Crippen LogP contribution in [0.2, 0.25) is 0 Å². The molecule has 0 bridgehead atoms. The second-order valence-electron chi connectivity index (χ2n) is 15.8. The minimum atomic E-state index is -0.866. The first-order valence-corrected chi connectivity index (χ1v) is 23.4. The minimum Gasteiger partial charge on any atom is -0.394 e. The van der Waals surface area contributed by atoms with Gasteiger partial charge in [0.25, 0.3) is 0 Å². The third-order valence-electron chi connectivity index (χ3n) is 10.5. The number of amides is 1. The lowest BCUT2D eigenvalue weighted by Crippen LogP contribution is -2.45. The Labute approximate surface area is 331 Å². The van der Waals surface area contributed by atoms with E-state index in [0.29, 0.717) is 6.42 Å². The van der Waals surface area contributed by atoms with Crippen molar-refractivity contribution >= 4 is 5.91 Å². The van der Waals surface area contributed by atoms with E-state index in [-0.39, 0.29) is 12.5 Å². The Morgan fingerprint density at radius 1 is 0.453 bits per heavy atom. The largest absolute Gasteiger partial charge is 0.394 e. The number of rotatable bonds is 42. The molecule has 0 saturated heterocycles. The first-order chi connectivity index (χ1) is 26.2. The highest BCUT2D eigenvalue weighted by molar-refractivity contribution is 5.76. The summed E-state index contributed by atoms with van der Waals surface area (Å²) in [6, 6.07) is -0.644. The number of nitrogens with one attached hydrogen (secondary N) is 1. The quantitative estimate of drug-likeness (QED) is 0.0431. The summed E-state index contributed by atoms with van der Waals surface area (Å²) >= 11 is 0. The van der Waals surface area contributed by atoms with Gasteiger partial charge in [-0.1, -0.05) is 217 Å². The topological polar surface area (TPSA) is 69.6 Å². The maximum atomic E-state index is 12.4. The Bertz CT molecular complexity index is 847. The standard InChI is InChI=1S/C49H91NO3/c1-3-5-7-9-11-13-15-17-19-21-22-23-24-25-26-27-29-30-32-34-36-38-40-42-44-48(52)47(46-51)50-49(53)45-43-41-39-37-35-33-31-28-20-18-16-14-12-10-8-6-4-2/h12,14,18,20,34,36,42,44,47-48,51-52H,3-11,13,15-17,19,21-33,35,37-41,43,45-46H2,1-2H3,(H,50,53)/b14-12-,20-18-,36-34+,44-42+. The summed E-state index contributed by atoms with van der Waals surface area (Å²) in [6.45, 7) is 4.28. The Morgan fingerprint density at radius 2 is 0.792 bits per heavy atom. The molecule has 0 aromatic carbocycles. The summed E-state index contributed by atoms with van der Waals surface area (Å²) in [4.78, 5) is 12.4. The molecule has 2 atom stereocenters.